The molecule has 0 amide bonds. The minimum Gasteiger partial charge on any atom is -0.368 e. The summed E-state index contributed by atoms with van der Waals surface area (Å²) in [6, 6.07) is 10.1. The van der Waals surface area contributed by atoms with Crippen LogP contribution in [0, 0.1) is 0 Å². The van der Waals surface area contributed by atoms with Crippen molar-refractivity contribution in [2.75, 3.05) is 37.6 Å². The molecule has 20 heavy (non-hydrogen) atoms. The van der Waals surface area contributed by atoms with Crippen molar-refractivity contribution in [3.05, 3.63) is 29.8 Å². The molecule has 2 heterocycles. The number of piperazine rings is 1. The van der Waals surface area contributed by atoms with E-state index < -0.39 is 0 Å². The number of fused-ring (bicyclic) bond motifs is 1. The molecule has 2 aliphatic heterocycles. The van der Waals surface area contributed by atoms with Gasteiger partial charge in [-0.2, -0.15) is 0 Å². The monoisotopic (exact) mass is 273 g/mol. The van der Waals surface area contributed by atoms with Gasteiger partial charge < -0.3 is 10.2 Å². The highest BCUT2D eigenvalue weighted by Crippen LogP contribution is 2.30. The summed E-state index contributed by atoms with van der Waals surface area (Å²) in [6.45, 7) is 10.4. The van der Waals surface area contributed by atoms with Gasteiger partial charge in [0.2, 0.25) is 0 Å². The Labute approximate surface area is 123 Å². The molecular weight excluding hydrogens is 246 g/mol. The minimum atomic E-state index is 0.429. The van der Waals surface area contributed by atoms with E-state index in [9.17, 15) is 0 Å². The molecule has 110 valence electrons. The predicted molar refractivity (Wildman–Crippen MR) is 85.3 cm³/mol. The van der Waals surface area contributed by atoms with Crippen molar-refractivity contribution in [3.63, 3.8) is 0 Å². The van der Waals surface area contributed by atoms with Gasteiger partial charge in [0.1, 0.15) is 0 Å². The van der Waals surface area contributed by atoms with E-state index in [0.29, 0.717) is 6.04 Å². The Hall–Kier alpha value is -1.06. The summed E-state index contributed by atoms with van der Waals surface area (Å²) in [4.78, 5) is 5.28. The van der Waals surface area contributed by atoms with Crippen LogP contribution in [-0.4, -0.2) is 43.7 Å². The van der Waals surface area contributed by atoms with Crippen LogP contribution in [0.3, 0.4) is 0 Å². The fraction of sp³-hybridized carbons (Fsp3) is 0.647. The number of hydrogen-bond donors (Lipinski definition) is 1. The predicted octanol–water partition coefficient (Wildman–Crippen LogP) is 2.64. The van der Waals surface area contributed by atoms with Crippen molar-refractivity contribution in [1.82, 2.24) is 10.2 Å². The van der Waals surface area contributed by atoms with Crippen molar-refractivity contribution >= 4 is 5.69 Å². The van der Waals surface area contributed by atoms with Gasteiger partial charge in [-0.3, -0.25) is 4.90 Å². The second-order valence-corrected chi connectivity index (χ2v) is 6.12. The first-order valence-electron chi connectivity index (χ1n) is 8.11. The molecule has 0 aliphatic carbocycles. The Morgan fingerprint density at radius 2 is 2.10 bits per heavy atom. The Morgan fingerprint density at radius 1 is 1.25 bits per heavy atom. The summed E-state index contributed by atoms with van der Waals surface area (Å²) >= 11 is 0. The summed E-state index contributed by atoms with van der Waals surface area (Å²) in [6.07, 6.45) is 2.76. The minimum absolute atomic E-state index is 0.429. The Kier molecular flexibility index (Phi) is 4.27. The summed E-state index contributed by atoms with van der Waals surface area (Å²) in [5, 5.41) is 3.55. The summed E-state index contributed by atoms with van der Waals surface area (Å²) in [5.41, 5.74) is 2.88. The zero-order valence-corrected chi connectivity index (χ0v) is 12.8. The van der Waals surface area contributed by atoms with Crippen LogP contribution in [-0.2, 0) is 0 Å². The zero-order chi connectivity index (χ0) is 13.9. The van der Waals surface area contributed by atoms with Crippen LogP contribution in [0.1, 0.15) is 38.3 Å². The highest BCUT2D eigenvalue weighted by Gasteiger charge is 2.31. The molecule has 0 saturated carbocycles. The maximum absolute atomic E-state index is 3.55. The Bertz CT molecular complexity index is 446. The summed E-state index contributed by atoms with van der Waals surface area (Å²) in [7, 11) is 0. The topological polar surface area (TPSA) is 18.5 Å². The average molecular weight is 273 g/mol. The highest BCUT2D eigenvalue weighted by molar-refractivity contribution is 5.55. The molecule has 2 aliphatic rings. The summed E-state index contributed by atoms with van der Waals surface area (Å²) in [5.74, 6) is 0. The molecule has 3 heteroatoms. The van der Waals surface area contributed by atoms with Crippen LogP contribution in [0.15, 0.2) is 24.3 Å². The third-order valence-electron chi connectivity index (χ3n) is 4.84. The van der Waals surface area contributed by atoms with Crippen molar-refractivity contribution in [3.8, 4) is 0 Å². The molecule has 2 unspecified atom stereocenters. The van der Waals surface area contributed by atoms with E-state index in [1.165, 1.54) is 50.3 Å². The van der Waals surface area contributed by atoms with Crippen molar-refractivity contribution in [2.24, 2.45) is 0 Å². The molecule has 2 atom stereocenters. The molecule has 1 N–H and O–H groups in total. The van der Waals surface area contributed by atoms with E-state index in [1.807, 2.05) is 0 Å². The largest absolute Gasteiger partial charge is 0.368 e. The second-order valence-electron chi connectivity index (χ2n) is 6.12. The number of para-hydroxylation sites is 1. The van der Waals surface area contributed by atoms with Crippen LogP contribution < -0.4 is 10.2 Å². The number of hydrogen-bond acceptors (Lipinski definition) is 3. The number of rotatable bonds is 4. The first-order valence-corrected chi connectivity index (χ1v) is 8.11. The van der Waals surface area contributed by atoms with E-state index >= 15 is 0 Å². The lowest BCUT2D eigenvalue weighted by Crippen LogP contribution is -2.50. The number of benzene rings is 1. The number of anilines is 1. The van der Waals surface area contributed by atoms with Gasteiger partial charge in [-0.25, -0.2) is 0 Å². The number of nitrogens with one attached hydrogen (secondary N) is 1. The lowest BCUT2D eigenvalue weighted by molar-refractivity contribution is 0.230. The summed E-state index contributed by atoms with van der Waals surface area (Å²) < 4.78 is 0. The van der Waals surface area contributed by atoms with Crippen molar-refractivity contribution < 1.29 is 0 Å². The molecule has 0 aromatic heterocycles. The van der Waals surface area contributed by atoms with Crippen LogP contribution in [0.2, 0.25) is 0 Å². The van der Waals surface area contributed by atoms with Crippen LogP contribution in [0.5, 0.6) is 0 Å². The number of nitrogens with zero attached hydrogens (tertiary/aromatic N) is 2. The molecular formula is C17H27N3. The van der Waals surface area contributed by atoms with Gasteiger partial charge in [-0.15, -0.1) is 0 Å². The SMILES string of the molecule is CCNC(C)c1ccccc1N1CCN2CCCC2C1. The second kappa shape index (κ2) is 6.15. The third kappa shape index (κ3) is 2.70. The van der Waals surface area contributed by atoms with Gasteiger partial charge in [0.05, 0.1) is 0 Å². The Balaban J connectivity index is 1.79. The van der Waals surface area contributed by atoms with Gasteiger partial charge in [0, 0.05) is 37.4 Å². The maximum Gasteiger partial charge on any atom is 0.0415 e. The fourth-order valence-electron chi connectivity index (χ4n) is 3.77. The van der Waals surface area contributed by atoms with Gasteiger partial charge in [-0.05, 0) is 44.5 Å². The first kappa shape index (κ1) is 13.9. The third-order valence-corrected chi connectivity index (χ3v) is 4.84. The molecule has 0 bridgehead atoms. The van der Waals surface area contributed by atoms with Gasteiger partial charge in [0.15, 0.2) is 0 Å². The normalized spacial score (nSPS) is 24.7. The molecule has 2 saturated heterocycles. The Morgan fingerprint density at radius 3 is 2.95 bits per heavy atom. The molecule has 1 aromatic rings. The zero-order valence-electron chi connectivity index (χ0n) is 12.8. The van der Waals surface area contributed by atoms with E-state index in [-0.39, 0.29) is 0 Å². The van der Waals surface area contributed by atoms with Crippen LogP contribution in [0.4, 0.5) is 5.69 Å². The molecule has 0 radical (unpaired) electrons. The maximum atomic E-state index is 3.55. The van der Waals surface area contributed by atoms with E-state index in [4.69, 9.17) is 0 Å². The molecule has 0 spiro atoms. The fourth-order valence-corrected chi connectivity index (χ4v) is 3.77. The van der Waals surface area contributed by atoms with Gasteiger partial charge in [-0.1, -0.05) is 25.1 Å². The lowest BCUT2D eigenvalue weighted by Gasteiger charge is -2.40. The standard InChI is InChI=1S/C17H27N3/c1-3-18-14(2)16-8-4-5-9-17(16)20-12-11-19-10-6-7-15(19)13-20/h4-5,8-9,14-15,18H,3,6-7,10-13H2,1-2H3. The molecule has 2 fully saturated rings. The molecule has 3 rings (SSSR count). The molecule has 3 nitrogen and oxygen atoms in total. The first-order chi connectivity index (χ1) is 9.79. The molecule has 1 aromatic carbocycles. The van der Waals surface area contributed by atoms with Gasteiger partial charge >= 0.3 is 0 Å². The lowest BCUT2D eigenvalue weighted by atomic mass is 10.0. The quantitative estimate of drug-likeness (QED) is 0.910. The van der Waals surface area contributed by atoms with Crippen LogP contribution >= 0.6 is 0 Å². The highest BCUT2D eigenvalue weighted by atomic mass is 15.3. The van der Waals surface area contributed by atoms with E-state index in [0.717, 1.165) is 12.6 Å². The smallest absolute Gasteiger partial charge is 0.0415 e. The van der Waals surface area contributed by atoms with E-state index in [1.54, 1.807) is 0 Å². The van der Waals surface area contributed by atoms with Crippen molar-refractivity contribution in [2.45, 2.75) is 38.8 Å². The van der Waals surface area contributed by atoms with E-state index in [2.05, 4.69) is 53.2 Å². The van der Waals surface area contributed by atoms with Crippen LogP contribution in [0.25, 0.3) is 0 Å². The van der Waals surface area contributed by atoms with Gasteiger partial charge in [0.25, 0.3) is 0 Å². The van der Waals surface area contributed by atoms with Crippen molar-refractivity contribution in [1.29, 1.82) is 0 Å². The average Bonchev–Trinajstić information content (AvgIpc) is 2.95.